The molecule has 14 heteroatoms. The van der Waals surface area contributed by atoms with Gasteiger partial charge in [0.1, 0.15) is 35.1 Å². The Morgan fingerprint density at radius 2 is 2.07 bits per heavy atom. The van der Waals surface area contributed by atoms with Crippen molar-refractivity contribution in [3.05, 3.63) is 25.0 Å². The van der Waals surface area contributed by atoms with Gasteiger partial charge in [0.15, 0.2) is 17.7 Å². The number of rotatable bonds is 5. The molecule has 28 heavy (non-hydrogen) atoms. The van der Waals surface area contributed by atoms with Crippen molar-refractivity contribution in [1.29, 1.82) is 0 Å². The number of nitrogens with zero attached hydrogens (tertiary/aromatic N) is 6. The molecule has 1 saturated heterocycles. The van der Waals surface area contributed by atoms with Crippen molar-refractivity contribution in [2.75, 3.05) is 12.3 Å². The number of aliphatic hydroxyl groups is 2. The Balaban J connectivity index is 1.52. The second kappa shape index (κ2) is 6.75. The highest BCUT2D eigenvalue weighted by atomic mass is 32.2. The summed E-state index contributed by atoms with van der Waals surface area (Å²) < 4.78 is 35.4. The minimum absolute atomic E-state index is 0.0210. The summed E-state index contributed by atoms with van der Waals surface area (Å²) in [6, 6.07) is 0. The topological polar surface area (TPSA) is 183 Å². The Kier molecular flexibility index (Phi) is 4.51. The van der Waals surface area contributed by atoms with Crippen molar-refractivity contribution >= 4 is 27.0 Å². The molecule has 4 atom stereocenters. The largest absolute Gasteiger partial charge is 0.387 e. The number of aromatic nitrogens is 6. The van der Waals surface area contributed by atoms with Crippen LogP contribution in [0.15, 0.2) is 29.9 Å². The van der Waals surface area contributed by atoms with Gasteiger partial charge in [-0.3, -0.25) is 9.25 Å². The molecule has 0 radical (unpaired) electrons. The summed E-state index contributed by atoms with van der Waals surface area (Å²) in [7, 11) is -2.25. The number of anilines is 1. The minimum atomic E-state index is -3.84. The molecule has 3 aromatic rings. The van der Waals surface area contributed by atoms with Gasteiger partial charge in [0.05, 0.1) is 12.5 Å². The van der Waals surface area contributed by atoms with Crippen LogP contribution >= 0.6 is 0 Å². The van der Waals surface area contributed by atoms with E-state index in [0.717, 1.165) is 0 Å². The lowest BCUT2D eigenvalue weighted by atomic mass is 10.1. The molecule has 1 fully saturated rings. The van der Waals surface area contributed by atoms with E-state index in [1.165, 1.54) is 34.3 Å². The number of imidazole rings is 1. The van der Waals surface area contributed by atoms with Crippen LogP contribution in [-0.2, 0) is 21.8 Å². The van der Waals surface area contributed by atoms with Crippen molar-refractivity contribution < 1.29 is 23.4 Å². The number of aliphatic hydroxyl groups excluding tert-OH is 2. The second-order valence-corrected chi connectivity index (χ2v) is 8.10. The van der Waals surface area contributed by atoms with E-state index in [1.807, 2.05) is 0 Å². The molecule has 3 aromatic heterocycles. The summed E-state index contributed by atoms with van der Waals surface area (Å²) in [5, 5.41) is 24.5. The summed E-state index contributed by atoms with van der Waals surface area (Å²) in [5.41, 5.74) is 6.39. The first kappa shape index (κ1) is 18.7. The van der Waals surface area contributed by atoms with Gasteiger partial charge in [-0.15, -0.1) is 0 Å². The van der Waals surface area contributed by atoms with Crippen LogP contribution in [0.5, 0.6) is 0 Å². The van der Waals surface area contributed by atoms with Crippen LogP contribution in [0.2, 0.25) is 0 Å². The molecule has 0 spiro atoms. The van der Waals surface area contributed by atoms with Crippen molar-refractivity contribution in [2.45, 2.75) is 29.4 Å². The average Bonchev–Trinajstić information content (AvgIpc) is 3.34. The molecule has 0 amide bonds. The van der Waals surface area contributed by atoms with Crippen LogP contribution in [0.25, 0.3) is 11.2 Å². The highest BCUT2D eigenvalue weighted by Gasteiger charge is 2.44. The maximum Gasteiger partial charge on any atom is 0.243 e. The highest BCUT2D eigenvalue weighted by Crippen LogP contribution is 2.31. The van der Waals surface area contributed by atoms with E-state index in [2.05, 4.69) is 24.8 Å². The van der Waals surface area contributed by atoms with Gasteiger partial charge in [-0.2, -0.15) is 5.10 Å². The average molecular weight is 410 g/mol. The third-order valence-corrected chi connectivity index (χ3v) is 5.84. The predicted octanol–water partition coefficient (Wildman–Crippen LogP) is -2.26. The van der Waals surface area contributed by atoms with Crippen molar-refractivity contribution in [3.63, 3.8) is 0 Å². The fraction of sp³-hybridized carbons (Fsp3) is 0.429. The molecule has 0 saturated carbocycles. The van der Waals surface area contributed by atoms with Gasteiger partial charge >= 0.3 is 0 Å². The van der Waals surface area contributed by atoms with E-state index >= 15 is 0 Å². The van der Waals surface area contributed by atoms with Gasteiger partial charge < -0.3 is 20.7 Å². The zero-order chi connectivity index (χ0) is 20.1. The molecule has 13 nitrogen and oxygen atoms in total. The van der Waals surface area contributed by atoms with Crippen LogP contribution < -0.4 is 10.5 Å². The number of ether oxygens (including phenoxy) is 1. The number of sulfonamides is 1. The maximum absolute atomic E-state index is 12.3. The number of nitrogens with two attached hydrogens (primary N) is 1. The summed E-state index contributed by atoms with van der Waals surface area (Å²) in [6.45, 7) is -0.254. The first-order valence-electron chi connectivity index (χ1n) is 8.21. The van der Waals surface area contributed by atoms with Gasteiger partial charge in [-0.25, -0.2) is 28.1 Å². The Morgan fingerprint density at radius 1 is 1.29 bits per heavy atom. The molecule has 150 valence electrons. The zero-order valence-electron chi connectivity index (χ0n) is 14.6. The molecule has 1 aliphatic heterocycles. The fourth-order valence-corrected chi connectivity index (χ4v) is 4.02. The Labute approximate surface area is 158 Å². The molecule has 4 heterocycles. The lowest BCUT2D eigenvalue weighted by Crippen LogP contribution is -2.39. The second-order valence-electron chi connectivity index (χ2n) is 6.33. The van der Waals surface area contributed by atoms with Crippen LogP contribution in [-0.4, -0.2) is 72.8 Å². The lowest BCUT2D eigenvalue weighted by molar-refractivity contribution is -0.0330. The number of nitrogen functional groups attached to an aromatic ring is 1. The molecule has 4 rings (SSSR count). The summed E-state index contributed by atoms with van der Waals surface area (Å²) >= 11 is 0. The minimum Gasteiger partial charge on any atom is -0.387 e. The lowest BCUT2D eigenvalue weighted by Gasteiger charge is -2.16. The van der Waals surface area contributed by atoms with Gasteiger partial charge in [-0.1, -0.05) is 0 Å². The number of aryl methyl sites for hydroxylation is 1. The normalized spacial score (nSPS) is 25.5. The van der Waals surface area contributed by atoms with Crippen LogP contribution in [0, 0.1) is 0 Å². The third kappa shape index (κ3) is 3.10. The van der Waals surface area contributed by atoms with Crippen LogP contribution in [0.3, 0.4) is 0 Å². The molecule has 0 aromatic carbocycles. The third-order valence-electron chi connectivity index (χ3n) is 4.46. The Hall–Kier alpha value is -2.65. The quantitative estimate of drug-likeness (QED) is 0.358. The van der Waals surface area contributed by atoms with E-state index in [4.69, 9.17) is 10.5 Å². The fourth-order valence-electron chi connectivity index (χ4n) is 3.00. The molecule has 5 N–H and O–H groups in total. The summed E-state index contributed by atoms with van der Waals surface area (Å²) in [4.78, 5) is 12.0. The van der Waals surface area contributed by atoms with Crippen LogP contribution in [0.1, 0.15) is 6.23 Å². The number of fused-ring (bicyclic) bond motifs is 1. The molecule has 1 aliphatic rings. The SMILES string of the molecule is Cn1cc(S(=O)(=O)NC[C@H]2O[C@@H](n3cnc4c(N)ncnc43)[C@H](O)[C@@H]2O)cn1. The van der Waals surface area contributed by atoms with Crippen molar-refractivity contribution in [1.82, 2.24) is 34.0 Å². The smallest absolute Gasteiger partial charge is 0.243 e. The number of nitrogens with one attached hydrogen (secondary N) is 1. The Bertz CT molecular complexity index is 1110. The molecule has 0 unspecified atom stereocenters. The van der Waals surface area contributed by atoms with Gasteiger partial charge in [0, 0.05) is 19.8 Å². The summed E-state index contributed by atoms with van der Waals surface area (Å²) in [5.74, 6) is 0.164. The molecular weight excluding hydrogens is 392 g/mol. The van der Waals surface area contributed by atoms with E-state index in [-0.39, 0.29) is 17.3 Å². The van der Waals surface area contributed by atoms with Gasteiger partial charge in [-0.05, 0) is 0 Å². The molecule has 0 bridgehead atoms. The zero-order valence-corrected chi connectivity index (χ0v) is 15.4. The Morgan fingerprint density at radius 3 is 2.79 bits per heavy atom. The maximum atomic E-state index is 12.3. The van der Waals surface area contributed by atoms with Gasteiger partial charge in [0.25, 0.3) is 0 Å². The van der Waals surface area contributed by atoms with E-state index in [0.29, 0.717) is 11.2 Å². The van der Waals surface area contributed by atoms with Crippen molar-refractivity contribution in [3.8, 4) is 0 Å². The van der Waals surface area contributed by atoms with E-state index < -0.39 is 34.6 Å². The summed E-state index contributed by atoms with van der Waals surface area (Å²) in [6.07, 6.45) is 0.456. The van der Waals surface area contributed by atoms with E-state index in [9.17, 15) is 18.6 Å². The molecular formula is C14H18N8O5S. The van der Waals surface area contributed by atoms with Crippen LogP contribution in [0.4, 0.5) is 5.82 Å². The number of hydrogen-bond acceptors (Lipinski definition) is 10. The van der Waals surface area contributed by atoms with Gasteiger partial charge in [0.2, 0.25) is 10.0 Å². The highest BCUT2D eigenvalue weighted by molar-refractivity contribution is 7.89. The number of hydrogen-bond donors (Lipinski definition) is 4. The standard InChI is InChI=1S/C14H18N8O5S/c1-21-4-7(2-19-21)28(25,26)20-3-8-10(23)11(24)14(27-8)22-6-18-9-12(15)16-5-17-13(9)22/h2,4-6,8,10-11,14,20,23-24H,3H2,1H3,(H2,15,16,17)/t8-,10-,11-,14-/m1/s1. The molecule has 0 aliphatic carbocycles. The predicted molar refractivity (Wildman–Crippen MR) is 94.1 cm³/mol. The van der Waals surface area contributed by atoms with Crippen molar-refractivity contribution in [2.24, 2.45) is 7.05 Å². The monoisotopic (exact) mass is 410 g/mol. The first-order chi connectivity index (χ1) is 13.3. The van der Waals surface area contributed by atoms with E-state index in [1.54, 1.807) is 7.05 Å². The first-order valence-corrected chi connectivity index (χ1v) is 9.69.